The number of carbonyl (C=O) groups is 1. The summed E-state index contributed by atoms with van der Waals surface area (Å²) in [7, 11) is 3.80. The Balaban J connectivity index is 1.61. The molecule has 0 spiro atoms. The number of ether oxygens (including phenoxy) is 4. The molecule has 1 saturated carbocycles. The van der Waals surface area contributed by atoms with Crippen LogP contribution in [0, 0.1) is 11.8 Å². The third kappa shape index (κ3) is 3.17. The lowest BCUT2D eigenvalue weighted by Gasteiger charge is -2.55. The molecular weight excluding hydrogens is 350 g/mol. The first kappa shape index (κ1) is 19.1. The predicted molar refractivity (Wildman–Crippen MR) is 98.1 cm³/mol. The van der Waals surface area contributed by atoms with Crippen molar-refractivity contribution >= 4 is 6.09 Å². The maximum atomic E-state index is 12.2. The van der Waals surface area contributed by atoms with E-state index >= 15 is 0 Å². The zero-order chi connectivity index (χ0) is 19.2. The molecule has 4 saturated heterocycles. The number of nitrogens with zero attached hydrogens (tertiary/aromatic N) is 2. The van der Waals surface area contributed by atoms with Gasteiger partial charge in [0.15, 0.2) is 12.6 Å². The zero-order valence-corrected chi connectivity index (χ0v) is 16.5. The van der Waals surface area contributed by atoms with Gasteiger partial charge < -0.3 is 29.2 Å². The van der Waals surface area contributed by atoms with Gasteiger partial charge in [0, 0.05) is 46.4 Å². The molecule has 5 aliphatic rings. The van der Waals surface area contributed by atoms with E-state index in [4.69, 9.17) is 18.9 Å². The highest BCUT2D eigenvalue weighted by atomic mass is 16.8. The van der Waals surface area contributed by atoms with Crippen molar-refractivity contribution in [3.05, 3.63) is 12.2 Å². The van der Waals surface area contributed by atoms with Crippen LogP contribution in [0.5, 0.6) is 0 Å². The van der Waals surface area contributed by atoms with E-state index < -0.39 is 18.0 Å². The first-order valence-electron chi connectivity index (χ1n) is 9.88. The van der Waals surface area contributed by atoms with Gasteiger partial charge in [0.25, 0.3) is 0 Å². The molecule has 0 aromatic heterocycles. The molecule has 152 valence electrons. The third-order valence-electron chi connectivity index (χ3n) is 6.54. The van der Waals surface area contributed by atoms with Crippen LogP contribution in [0.25, 0.3) is 0 Å². The Hall–Kier alpha value is -1.19. The average Bonchev–Trinajstić information content (AvgIpc) is 2.91. The van der Waals surface area contributed by atoms with E-state index in [9.17, 15) is 4.79 Å². The fourth-order valence-corrected chi connectivity index (χ4v) is 5.13. The normalized spacial score (nSPS) is 41.7. The van der Waals surface area contributed by atoms with Crippen molar-refractivity contribution in [2.24, 2.45) is 11.8 Å². The van der Waals surface area contributed by atoms with E-state index in [2.05, 4.69) is 28.7 Å². The molecule has 4 aliphatic heterocycles. The second-order valence-electron chi connectivity index (χ2n) is 8.09. The summed E-state index contributed by atoms with van der Waals surface area (Å²) in [5.74, 6) is 0.147. The highest BCUT2D eigenvalue weighted by Gasteiger charge is 2.70. The van der Waals surface area contributed by atoms with Gasteiger partial charge >= 0.3 is 6.09 Å². The molecule has 5 fully saturated rings. The van der Waals surface area contributed by atoms with Crippen LogP contribution in [0.1, 0.15) is 13.3 Å². The summed E-state index contributed by atoms with van der Waals surface area (Å²) in [5, 5.41) is 2.74. The van der Waals surface area contributed by atoms with E-state index in [1.54, 1.807) is 7.11 Å². The van der Waals surface area contributed by atoms with E-state index in [-0.39, 0.29) is 24.2 Å². The molecule has 0 radical (unpaired) electrons. The van der Waals surface area contributed by atoms with Crippen LogP contribution in [0.3, 0.4) is 0 Å². The summed E-state index contributed by atoms with van der Waals surface area (Å²) in [6.07, 6.45) is -0.904. The Bertz CT molecular complexity index is 594. The molecule has 5 unspecified atom stereocenters. The average molecular weight is 381 g/mol. The molecule has 6 atom stereocenters. The summed E-state index contributed by atoms with van der Waals surface area (Å²) >= 11 is 0. The molecule has 1 aliphatic carbocycles. The standard InChI is InChI=1S/C19H31N3O5/c1-5-20-18(23)25-14-10-13-12(2)16-26-17(24-4)15(13)19(14,27-16)11-22-8-6-21(3)7-9-22/h13-17H,2,5-11H2,1,3-4H3,(H,20,23)/t13?,14-,15?,16?,17?,19?/m1/s1. The summed E-state index contributed by atoms with van der Waals surface area (Å²) in [5.41, 5.74) is 0.306. The number of hydrogen-bond acceptors (Lipinski definition) is 7. The van der Waals surface area contributed by atoms with Crippen molar-refractivity contribution in [1.29, 1.82) is 0 Å². The van der Waals surface area contributed by atoms with Gasteiger partial charge in [-0.25, -0.2) is 4.79 Å². The molecule has 1 N–H and O–H groups in total. The van der Waals surface area contributed by atoms with Crippen molar-refractivity contribution in [1.82, 2.24) is 15.1 Å². The van der Waals surface area contributed by atoms with Gasteiger partial charge in [-0.2, -0.15) is 0 Å². The Morgan fingerprint density at radius 1 is 1.37 bits per heavy atom. The minimum Gasteiger partial charge on any atom is -0.443 e. The number of methoxy groups -OCH3 is 1. The van der Waals surface area contributed by atoms with Gasteiger partial charge in [0.2, 0.25) is 0 Å². The van der Waals surface area contributed by atoms with Gasteiger partial charge in [0.05, 0.1) is 5.92 Å². The lowest BCUT2D eigenvalue weighted by molar-refractivity contribution is -0.375. The zero-order valence-electron chi connectivity index (χ0n) is 16.5. The number of nitrogens with one attached hydrogen (secondary N) is 1. The number of likely N-dealkylation sites (N-methyl/N-ethyl adjacent to an activating group) is 1. The highest BCUT2D eigenvalue weighted by molar-refractivity contribution is 5.67. The van der Waals surface area contributed by atoms with Crippen LogP contribution in [0.15, 0.2) is 12.2 Å². The van der Waals surface area contributed by atoms with Crippen molar-refractivity contribution in [3.63, 3.8) is 0 Å². The van der Waals surface area contributed by atoms with E-state index in [0.717, 1.165) is 31.8 Å². The molecule has 4 bridgehead atoms. The van der Waals surface area contributed by atoms with Crippen molar-refractivity contribution in [2.45, 2.75) is 37.6 Å². The summed E-state index contributed by atoms with van der Waals surface area (Å²) in [6.45, 7) is 11.3. The number of fused-ring (bicyclic) bond motifs is 1. The molecule has 0 aromatic rings. The summed E-state index contributed by atoms with van der Waals surface area (Å²) < 4.78 is 23.9. The number of carbonyl (C=O) groups excluding carboxylic acids is 1. The summed E-state index contributed by atoms with van der Waals surface area (Å²) in [4.78, 5) is 16.9. The predicted octanol–water partition coefficient (Wildman–Crippen LogP) is 0.639. The smallest absolute Gasteiger partial charge is 0.407 e. The SMILES string of the molecule is C=C1C2OC(OC)C3C1C[C@@H](OC(=O)NCC)C3(CN1CCN(C)CC1)O2. The van der Waals surface area contributed by atoms with Gasteiger partial charge in [-0.1, -0.05) is 6.58 Å². The van der Waals surface area contributed by atoms with Crippen molar-refractivity contribution in [3.8, 4) is 0 Å². The maximum Gasteiger partial charge on any atom is 0.407 e. The molecule has 4 heterocycles. The third-order valence-corrected chi connectivity index (χ3v) is 6.54. The van der Waals surface area contributed by atoms with Crippen molar-refractivity contribution < 1.29 is 23.7 Å². The Labute approximate surface area is 160 Å². The molecular formula is C19H31N3O5. The van der Waals surface area contributed by atoms with E-state index in [0.29, 0.717) is 19.5 Å². The Kier molecular flexibility index (Phi) is 5.20. The Morgan fingerprint density at radius 2 is 2.11 bits per heavy atom. The molecule has 0 aromatic carbocycles. The first-order chi connectivity index (χ1) is 13.0. The number of hydrogen-bond donors (Lipinski definition) is 1. The van der Waals surface area contributed by atoms with E-state index in [1.807, 2.05) is 6.92 Å². The van der Waals surface area contributed by atoms with Gasteiger partial charge in [0.1, 0.15) is 11.7 Å². The largest absolute Gasteiger partial charge is 0.443 e. The Morgan fingerprint density at radius 3 is 2.78 bits per heavy atom. The number of amides is 1. The van der Waals surface area contributed by atoms with Crippen LogP contribution in [-0.4, -0.2) is 93.6 Å². The van der Waals surface area contributed by atoms with E-state index in [1.165, 1.54) is 0 Å². The van der Waals surface area contributed by atoms with Gasteiger partial charge in [-0.3, -0.25) is 4.90 Å². The van der Waals surface area contributed by atoms with Crippen LogP contribution in [0.2, 0.25) is 0 Å². The molecule has 8 heteroatoms. The van der Waals surface area contributed by atoms with Gasteiger partial charge in [-0.05, 0) is 31.9 Å². The fourth-order valence-electron chi connectivity index (χ4n) is 5.13. The van der Waals surface area contributed by atoms with Crippen LogP contribution in [-0.2, 0) is 18.9 Å². The van der Waals surface area contributed by atoms with Gasteiger partial charge in [-0.15, -0.1) is 0 Å². The highest BCUT2D eigenvalue weighted by Crippen LogP contribution is 2.59. The second-order valence-corrected chi connectivity index (χ2v) is 8.09. The molecule has 27 heavy (non-hydrogen) atoms. The minimum atomic E-state index is -0.629. The fraction of sp³-hybridized carbons (Fsp3) is 0.842. The molecule has 5 rings (SSSR count). The van der Waals surface area contributed by atoms with Crippen molar-refractivity contribution in [2.75, 3.05) is 53.4 Å². The second kappa shape index (κ2) is 7.33. The minimum absolute atomic E-state index is 0.0286. The maximum absolute atomic E-state index is 12.2. The van der Waals surface area contributed by atoms with Crippen LogP contribution >= 0.6 is 0 Å². The van der Waals surface area contributed by atoms with Crippen LogP contribution in [0.4, 0.5) is 4.79 Å². The first-order valence-corrected chi connectivity index (χ1v) is 9.88. The number of piperazine rings is 1. The lowest BCUT2D eigenvalue weighted by Crippen LogP contribution is -2.68. The molecule has 1 amide bonds. The topological polar surface area (TPSA) is 72.5 Å². The van der Waals surface area contributed by atoms with Crippen LogP contribution < -0.4 is 5.32 Å². The number of rotatable bonds is 5. The monoisotopic (exact) mass is 381 g/mol. The molecule has 8 nitrogen and oxygen atoms in total. The summed E-state index contributed by atoms with van der Waals surface area (Å²) in [6, 6.07) is 0. The number of alkyl carbamates (subject to hydrolysis) is 1. The lowest BCUT2D eigenvalue weighted by atomic mass is 9.76. The quantitative estimate of drug-likeness (QED) is 0.701.